The van der Waals surface area contributed by atoms with Gasteiger partial charge >= 0.3 is 5.97 Å². The van der Waals surface area contributed by atoms with Crippen LogP contribution < -0.4 is 16.0 Å². The zero-order valence-corrected chi connectivity index (χ0v) is 16.3. The Balaban J connectivity index is 2.46. The molecular weight excluding hydrogens is 370 g/mol. The number of esters is 1. The van der Waals surface area contributed by atoms with Gasteiger partial charge in [-0.25, -0.2) is 0 Å². The maximum atomic E-state index is 12.1. The molecule has 0 saturated carbocycles. The molecule has 0 bridgehead atoms. The van der Waals surface area contributed by atoms with E-state index in [9.17, 15) is 14.4 Å². The Hall–Kier alpha value is -2.52. The van der Waals surface area contributed by atoms with Crippen LogP contribution in [-0.4, -0.2) is 49.8 Å². The molecule has 148 valence electrons. The van der Waals surface area contributed by atoms with E-state index in [1.807, 2.05) is 0 Å². The second-order valence-electron chi connectivity index (χ2n) is 5.49. The van der Waals surface area contributed by atoms with E-state index >= 15 is 0 Å². The number of hydrogen-bond donors (Lipinski definition) is 3. The number of carbonyl (C=O) groups is 3. The highest BCUT2D eigenvalue weighted by Crippen LogP contribution is 2.10. The molecule has 1 aromatic rings. The topological polar surface area (TPSA) is 106 Å². The summed E-state index contributed by atoms with van der Waals surface area (Å²) in [6.45, 7) is 3.06. The van der Waals surface area contributed by atoms with E-state index in [2.05, 4.69) is 16.0 Å². The van der Waals surface area contributed by atoms with Crippen molar-refractivity contribution in [3.05, 3.63) is 29.8 Å². The Morgan fingerprint density at radius 2 is 1.96 bits per heavy atom. The van der Waals surface area contributed by atoms with Crippen LogP contribution in [0.5, 0.6) is 0 Å². The van der Waals surface area contributed by atoms with Crippen molar-refractivity contribution in [1.29, 1.82) is 0 Å². The molecule has 2 amide bonds. The quantitative estimate of drug-likeness (QED) is 0.314. The molecule has 0 atom stereocenters. The first-order valence-electron chi connectivity index (χ1n) is 8.60. The lowest BCUT2D eigenvalue weighted by Crippen LogP contribution is -2.34. The van der Waals surface area contributed by atoms with Crippen molar-refractivity contribution in [3.63, 3.8) is 0 Å². The average Bonchev–Trinajstić information content (AvgIpc) is 2.63. The molecule has 0 saturated heterocycles. The smallest absolute Gasteiger partial charge is 0.306 e. The predicted molar refractivity (Wildman–Crippen MR) is 105 cm³/mol. The first kappa shape index (κ1) is 22.5. The first-order chi connectivity index (χ1) is 13.0. The summed E-state index contributed by atoms with van der Waals surface area (Å²) >= 11 is 5.08. The van der Waals surface area contributed by atoms with Crippen molar-refractivity contribution in [2.45, 2.75) is 26.2 Å². The van der Waals surface area contributed by atoms with E-state index in [1.165, 1.54) is 0 Å². The fourth-order valence-corrected chi connectivity index (χ4v) is 2.29. The van der Waals surface area contributed by atoms with E-state index in [1.54, 1.807) is 38.3 Å². The largest absolute Gasteiger partial charge is 0.466 e. The summed E-state index contributed by atoms with van der Waals surface area (Å²) in [5, 5.41) is 8.20. The Morgan fingerprint density at radius 3 is 2.67 bits per heavy atom. The van der Waals surface area contributed by atoms with Gasteiger partial charge in [0.1, 0.15) is 0 Å². The zero-order valence-electron chi connectivity index (χ0n) is 15.5. The second kappa shape index (κ2) is 12.8. The summed E-state index contributed by atoms with van der Waals surface area (Å²) in [6.07, 6.45) is 0.688. The third-order valence-corrected chi connectivity index (χ3v) is 3.51. The van der Waals surface area contributed by atoms with Crippen LogP contribution >= 0.6 is 12.2 Å². The van der Waals surface area contributed by atoms with Gasteiger partial charge in [0.05, 0.1) is 13.0 Å². The highest BCUT2D eigenvalue weighted by molar-refractivity contribution is 7.80. The molecule has 0 radical (unpaired) electrons. The molecular formula is C18H25N3O5S. The second-order valence-corrected chi connectivity index (χ2v) is 5.90. The van der Waals surface area contributed by atoms with E-state index in [-0.39, 0.29) is 30.5 Å². The fourth-order valence-electron chi connectivity index (χ4n) is 2.06. The number of rotatable bonds is 10. The van der Waals surface area contributed by atoms with Crippen LogP contribution in [0.15, 0.2) is 24.3 Å². The number of thiocarbonyl (C=S) groups is 1. The molecule has 0 unspecified atom stereocenters. The highest BCUT2D eigenvalue weighted by Gasteiger charge is 2.10. The number of benzene rings is 1. The normalized spacial score (nSPS) is 10.0. The summed E-state index contributed by atoms with van der Waals surface area (Å²) in [4.78, 5) is 35.1. The van der Waals surface area contributed by atoms with E-state index in [0.29, 0.717) is 24.4 Å². The molecule has 9 heteroatoms. The van der Waals surface area contributed by atoms with Gasteiger partial charge in [0.15, 0.2) is 5.11 Å². The monoisotopic (exact) mass is 395 g/mol. The lowest BCUT2D eigenvalue weighted by atomic mass is 10.2. The minimum absolute atomic E-state index is 0.0129. The summed E-state index contributed by atoms with van der Waals surface area (Å²) in [5.74, 6) is -1.04. The lowest BCUT2D eigenvalue weighted by molar-refractivity contribution is -0.144. The summed E-state index contributed by atoms with van der Waals surface area (Å²) < 4.78 is 9.69. The van der Waals surface area contributed by atoms with Gasteiger partial charge in [0.25, 0.3) is 5.91 Å². The van der Waals surface area contributed by atoms with Gasteiger partial charge in [-0.15, -0.1) is 0 Å². The van der Waals surface area contributed by atoms with Crippen LogP contribution in [0.25, 0.3) is 0 Å². The van der Waals surface area contributed by atoms with Gasteiger partial charge in [-0.05, 0) is 43.8 Å². The number of ether oxygens (including phenoxy) is 2. The van der Waals surface area contributed by atoms with Crippen LogP contribution in [-0.2, 0) is 19.1 Å². The SMILES string of the molecule is CCOC(=O)CCC(=O)NC(=S)Nc1cccc(C(=O)NCCCOC)c1. The van der Waals surface area contributed by atoms with E-state index < -0.39 is 11.9 Å². The Morgan fingerprint density at radius 1 is 1.19 bits per heavy atom. The van der Waals surface area contributed by atoms with Crippen molar-refractivity contribution in [2.24, 2.45) is 0 Å². The van der Waals surface area contributed by atoms with Crippen LogP contribution in [0.2, 0.25) is 0 Å². The minimum Gasteiger partial charge on any atom is -0.466 e. The van der Waals surface area contributed by atoms with Gasteiger partial charge in [0.2, 0.25) is 5.91 Å². The zero-order chi connectivity index (χ0) is 20.1. The van der Waals surface area contributed by atoms with Crippen LogP contribution in [0.4, 0.5) is 5.69 Å². The minimum atomic E-state index is -0.434. The maximum Gasteiger partial charge on any atom is 0.306 e. The fraction of sp³-hybridized carbons (Fsp3) is 0.444. The maximum absolute atomic E-state index is 12.1. The predicted octanol–water partition coefficient (Wildman–Crippen LogP) is 1.61. The number of amides is 2. The third-order valence-electron chi connectivity index (χ3n) is 3.31. The molecule has 8 nitrogen and oxygen atoms in total. The highest BCUT2D eigenvalue weighted by atomic mass is 32.1. The Bertz CT molecular complexity index is 666. The molecule has 0 heterocycles. The molecule has 3 N–H and O–H groups in total. The third kappa shape index (κ3) is 9.66. The van der Waals surface area contributed by atoms with Gasteiger partial charge in [0, 0.05) is 37.9 Å². The van der Waals surface area contributed by atoms with Crippen molar-refractivity contribution in [1.82, 2.24) is 10.6 Å². The number of carbonyl (C=O) groups excluding carboxylic acids is 3. The molecule has 0 spiro atoms. The van der Waals surface area contributed by atoms with Crippen LogP contribution in [0.3, 0.4) is 0 Å². The van der Waals surface area contributed by atoms with Crippen molar-refractivity contribution < 1.29 is 23.9 Å². The Kier molecular flexibility index (Phi) is 10.7. The van der Waals surface area contributed by atoms with Crippen LogP contribution in [0, 0.1) is 0 Å². The van der Waals surface area contributed by atoms with Gasteiger partial charge in [-0.2, -0.15) is 0 Å². The number of anilines is 1. The van der Waals surface area contributed by atoms with Crippen LogP contribution in [0.1, 0.15) is 36.5 Å². The number of hydrogen-bond acceptors (Lipinski definition) is 6. The molecule has 1 aromatic carbocycles. The number of nitrogens with one attached hydrogen (secondary N) is 3. The van der Waals surface area contributed by atoms with Gasteiger partial charge in [-0.1, -0.05) is 6.07 Å². The molecule has 0 aliphatic carbocycles. The first-order valence-corrected chi connectivity index (χ1v) is 9.00. The van der Waals surface area contributed by atoms with E-state index in [0.717, 1.165) is 6.42 Å². The summed E-state index contributed by atoms with van der Waals surface area (Å²) in [7, 11) is 1.61. The Labute approximate surface area is 164 Å². The van der Waals surface area contributed by atoms with Gasteiger partial charge < -0.3 is 25.4 Å². The molecule has 27 heavy (non-hydrogen) atoms. The molecule has 1 rings (SSSR count). The van der Waals surface area contributed by atoms with Crippen molar-refractivity contribution in [3.8, 4) is 0 Å². The molecule has 0 aliphatic heterocycles. The standard InChI is InChI=1S/C18H25N3O5S/c1-3-26-16(23)9-8-15(22)21-18(27)20-14-7-4-6-13(12-14)17(24)19-10-5-11-25-2/h4,6-7,12H,3,5,8-11H2,1-2H3,(H,19,24)(H2,20,21,22,27). The lowest BCUT2D eigenvalue weighted by Gasteiger charge is -2.11. The summed E-state index contributed by atoms with van der Waals surface area (Å²) in [6, 6.07) is 6.73. The average molecular weight is 395 g/mol. The van der Waals surface area contributed by atoms with E-state index in [4.69, 9.17) is 21.7 Å². The van der Waals surface area contributed by atoms with Crippen molar-refractivity contribution in [2.75, 3.05) is 32.2 Å². The molecule has 0 aliphatic rings. The number of methoxy groups -OCH3 is 1. The van der Waals surface area contributed by atoms with Gasteiger partial charge in [-0.3, -0.25) is 14.4 Å². The summed E-state index contributed by atoms with van der Waals surface area (Å²) in [5.41, 5.74) is 1.03. The molecule has 0 aromatic heterocycles. The van der Waals surface area contributed by atoms with Crippen molar-refractivity contribution >= 4 is 40.8 Å². The molecule has 0 fully saturated rings.